The SMILES string of the molecule is COC(C)CNCC1COCC1N. The van der Waals surface area contributed by atoms with Crippen LogP contribution in [0.3, 0.4) is 0 Å². The molecule has 0 saturated carbocycles. The van der Waals surface area contributed by atoms with Crippen LogP contribution in [0.15, 0.2) is 0 Å². The average molecular weight is 188 g/mol. The van der Waals surface area contributed by atoms with E-state index in [2.05, 4.69) is 5.32 Å². The molecule has 1 aliphatic rings. The van der Waals surface area contributed by atoms with Crippen LogP contribution in [0.25, 0.3) is 0 Å². The summed E-state index contributed by atoms with van der Waals surface area (Å²) >= 11 is 0. The first kappa shape index (κ1) is 10.9. The van der Waals surface area contributed by atoms with Crippen molar-refractivity contribution in [3.63, 3.8) is 0 Å². The Morgan fingerprint density at radius 3 is 2.92 bits per heavy atom. The highest BCUT2D eigenvalue weighted by Gasteiger charge is 2.24. The van der Waals surface area contributed by atoms with Crippen molar-refractivity contribution >= 4 is 0 Å². The van der Waals surface area contributed by atoms with Gasteiger partial charge >= 0.3 is 0 Å². The van der Waals surface area contributed by atoms with E-state index in [1.165, 1.54) is 0 Å². The van der Waals surface area contributed by atoms with Gasteiger partial charge in [-0.05, 0) is 6.92 Å². The number of hydrogen-bond donors (Lipinski definition) is 2. The Bertz CT molecular complexity index is 144. The number of methoxy groups -OCH3 is 1. The zero-order valence-corrected chi connectivity index (χ0v) is 8.45. The van der Waals surface area contributed by atoms with Gasteiger partial charge in [-0.3, -0.25) is 0 Å². The van der Waals surface area contributed by atoms with Crippen molar-refractivity contribution in [2.45, 2.75) is 19.1 Å². The zero-order chi connectivity index (χ0) is 9.68. The van der Waals surface area contributed by atoms with Crippen LogP contribution in [-0.2, 0) is 9.47 Å². The summed E-state index contributed by atoms with van der Waals surface area (Å²) in [4.78, 5) is 0. The van der Waals surface area contributed by atoms with Crippen molar-refractivity contribution in [2.75, 3.05) is 33.4 Å². The van der Waals surface area contributed by atoms with E-state index in [-0.39, 0.29) is 12.1 Å². The number of rotatable bonds is 5. The van der Waals surface area contributed by atoms with E-state index in [4.69, 9.17) is 15.2 Å². The Balaban J connectivity index is 2.05. The summed E-state index contributed by atoms with van der Waals surface area (Å²) in [5.41, 5.74) is 5.83. The third-order valence-corrected chi connectivity index (χ3v) is 2.49. The largest absolute Gasteiger partial charge is 0.380 e. The number of nitrogens with one attached hydrogen (secondary N) is 1. The minimum absolute atomic E-state index is 0.199. The van der Waals surface area contributed by atoms with E-state index in [1.807, 2.05) is 6.92 Å². The molecule has 0 amide bonds. The Hall–Kier alpha value is -0.160. The predicted molar refractivity (Wildman–Crippen MR) is 51.6 cm³/mol. The molecule has 1 aliphatic heterocycles. The maximum Gasteiger partial charge on any atom is 0.0667 e. The maximum absolute atomic E-state index is 5.83. The average Bonchev–Trinajstić information content (AvgIpc) is 2.52. The third-order valence-electron chi connectivity index (χ3n) is 2.49. The van der Waals surface area contributed by atoms with Gasteiger partial charge in [0.2, 0.25) is 0 Å². The first-order chi connectivity index (χ1) is 6.24. The highest BCUT2D eigenvalue weighted by atomic mass is 16.5. The molecule has 0 bridgehead atoms. The van der Waals surface area contributed by atoms with Crippen molar-refractivity contribution in [1.29, 1.82) is 0 Å². The Morgan fingerprint density at radius 2 is 2.38 bits per heavy atom. The van der Waals surface area contributed by atoms with Gasteiger partial charge < -0.3 is 20.5 Å². The zero-order valence-electron chi connectivity index (χ0n) is 8.45. The molecule has 4 heteroatoms. The monoisotopic (exact) mass is 188 g/mol. The highest BCUT2D eigenvalue weighted by molar-refractivity contribution is 4.79. The van der Waals surface area contributed by atoms with Crippen LogP contribution in [0, 0.1) is 5.92 Å². The number of hydrogen-bond acceptors (Lipinski definition) is 4. The van der Waals surface area contributed by atoms with Crippen LogP contribution in [0.1, 0.15) is 6.92 Å². The van der Waals surface area contributed by atoms with E-state index < -0.39 is 0 Å². The van der Waals surface area contributed by atoms with Gasteiger partial charge in [-0.2, -0.15) is 0 Å². The van der Waals surface area contributed by atoms with Gasteiger partial charge in [0.25, 0.3) is 0 Å². The van der Waals surface area contributed by atoms with Gasteiger partial charge in [-0.1, -0.05) is 0 Å². The van der Waals surface area contributed by atoms with Crippen LogP contribution < -0.4 is 11.1 Å². The molecule has 0 aliphatic carbocycles. The van der Waals surface area contributed by atoms with E-state index in [9.17, 15) is 0 Å². The molecular formula is C9H20N2O2. The topological polar surface area (TPSA) is 56.5 Å². The van der Waals surface area contributed by atoms with E-state index in [0.717, 1.165) is 19.7 Å². The lowest BCUT2D eigenvalue weighted by Gasteiger charge is -2.16. The van der Waals surface area contributed by atoms with Crippen LogP contribution in [0.4, 0.5) is 0 Å². The lowest BCUT2D eigenvalue weighted by Crippen LogP contribution is -2.38. The lowest BCUT2D eigenvalue weighted by molar-refractivity contribution is 0.115. The standard InChI is InChI=1S/C9H20N2O2/c1-7(12-2)3-11-4-8-5-13-6-9(8)10/h7-9,11H,3-6,10H2,1-2H3. The van der Waals surface area contributed by atoms with Crippen LogP contribution in [-0.4, -0.2) is 45.6 Å². The molecule has 3 N–H and O–H groups in total. The molecule has 0 aromatic carbocycles. The molecule has 1 saturated heterocycles. The molecule has 4 nitrogen and oxygen atoms in total. The second kappa shape index (κ2) is 5.54. The van der Waals surface area contributed by atoms with Gasteiger partial charge in [0.1, 0.15) is 0 Å². The summed E-state index contributed by atoms with van der Waals surface area (Å²) in [6, 6.07) is 0.199. The van der Waals surface area contributed by atoms with E-state index in [0.29, 0.717) is 12.5 Å². The molecule has 3 atom stereocenters. The third kappa shape index (κ3) is 3.60. The van der Waals surface area contributed by atoms with Crippen molar-refractivity contribution in [1.82, 2.24) is 5.32 Å². The maximum atomic E-state index is 5.83. The van der Waals surface area contributed by atoms with Gasteiger partial charge in [-0.25, -0.2) is 0 Å². The van der Waals surface area contributed by atoms with Crippen LogP contribution in [0.2, 0.25) is 0 Å². The predicted octanol–water partition coefficient (Wildman–Crippen LogP) is -0.415. The fraction of sp³-hybridized carbons (Fsp3) is 1.00. The van der Waals surface area contributed by atoms with Gasteiger partial charge in [0.05, 0.1) is 19.3 Å². The van der Waals surface area contributed by atoms with Crippen molar-refractivity contribution in [2.24, 2.45) is 11.7 Å². The number of ether oxygens (including phenoxy) is 2. The van der Waals surface area contributed by atoms with E-state index >= 15 is 0 Å². The quantitative estimate of drug-likeness (QED) is 0.615. The summed E-state index contributed by atoms with van der Waals surface area (Å²) in [5, 5.41) is 3.32. The number of nitrogens with two attached hydrogens (primary N) is 1. The summed E-state index contributed by atoms with van der Waals surface area (Å²) in [7, 11) is 1.72. The first-order valence-electron chi connectivity index (χ1n) is 4.81. The second-order valence-corrected chi connectivity index (χ2v) is 3.67. The Labute approximate surface area is 79.8 Å². The molecule has 1 heterocycles. The Morgan fingerprint density at radius 1 is 1.62 bits per heavy atom. The molecule has 0 aromatic heterocycles. The summed E-state index contributed by atoms with van der Waals surface area (Å²) in [6.45, 7) is 5.33. The minimum Gasteiger partial charge on any atom is -0.380 e. The van der Waals surface area contributed by atoms with Crippen molar-refractivity contribution in [3.8, 4) is 0 Å². The van der Waals surface area contributed by atoms with Crippen LogP contribution >= 0.6 is 0 Å². The molecule has 3 unspecified atom stereocenters. The summed E-state index contributed by atoms with van der Waals surface area (Å²) in [5.74, 6) is 0.462. The summed E-state index contributed by atoms with van der Waals surface area (Å²) in [6.07, 6.45) is 0.263. The molecule has 0 spiro atoms. The Kier molecular flexibility index (Phi) is 4.66. The fourth-order valence-corrected chi connectivity index (χ4v) is 1.38. The summed E-state index contributed by atoms with van der Waals surface area (Å²) < 4.78 is 10.4. The van der Waals surface area contributed by atoms with Gasteiger partial charge in [0.15, 0.2) is 0 Å². The fourth-order valence-electron chi connectivity index (χ4n) is 1.38. The minimum atomic E-state index is 0.199. The molecule has 13 heavy (non-hydrogen) atoms. The van der Waals surface area contributed by atoms with Crippen molar-refractivity contribution in [3.05, 3.63) is 0 Å². The normalized spacial score (nSPS) is 30.7. The van der Waals surface area contributed by atoms with Gasteiger partial charge in [0, 0.05) is 32.2 Å². The highest BCUT2D eigenvalue weighted by Crippen LogP contribution is 2.09. The molecule has 1 rings (SSSR count). The van der Waals surface area contributed by atoms with Gasteiger partial charge in [-0.15, -0.1) is 0 Å². The van der Waals surface area contributed by atoms with E-state index in [1.54, 1.807) is 7.11 Å². The molecule has 78 valence electrons. The lowest BCUT2D eigenvalue weighted by atomic mass is 10.1. The second-order valence-electron chi connectivity index (χ2n) is 3.67. The van der Waals surface area contributed by atoms with Crippen LogP contribution in [0.5, 0.6) is 0 Å². The molecule has 0 aromatic rings. The molecule has 1 fully saturated rings. The molecule has 0 radical (unpaired) electrons. The molecular weight excluding hydrogens is 168 g/mol. The smallest absolute Gasteiger partial charge is 0.0667 e. The first-order valence-corrected chi connectivity index (χ1v) is 4.81. The van der Waals surface area contributed by atoms with Crippen molar-refractivity contribution < 1.29 is 9.47 Å².